The van der Waals surface area contributed by atoms with E-state index in [0.29, 0.717) is 19.7 Å². The van der Waals surface area contributed by atoms with Gasteiger partial charge in [0.1, 0.15) is 6.61 Å². The number of ether oxygens (including phenoxy) is 1. The largest absolute Gasteiger partial charge is 0.464 e. The number of carbonyl (C=O) groups excluding carboxylic acids is 1. The van der Waals surface area contributed by atoms with Crippen molar-refractivity contribution < 1.29 is 14.5 Å². The third kappa shape index (κ3) is 5.48. The van der Waals surface area contributed by atoms with Gasteiger partial charge in [-0.25, -0.2) is 0 Å². The highest BCUT2D eigenvalue weighted by Gasteiger charge is 2.07. The molecule has 0 amide bonds. The molecule has 6 nitrogen and oxygen atoms in total. The molecule has 0 radical (unpaired) electrons. The fourth-order valence-electron chi connectivity index (χ4n) is 1.40. The molecular formula is C13H18N2O4. The summed E-state index contributed by atoms with van der Waals surface area (Å²) in [6.45, 7) is 4.87. The zero-order chi connectivity index (χ0) is 14.3. The predicted molar refractivity (Wildman–Crippen MR) is 70.6 cm³/mol. The average molecular weight is 266 g/mol. The number of nitrogens with one attached hydrogen (secondary N) is 1. The van der Waals surface area contributed by atoms with Crippen LogP contribution in [-0.4, -0.2) is 24.0 Å². The Bertz CT molecular complexity index is 446. The minimum absolute atomic E-state index is 0.0746. The summed E-state index contributed by atoms with van der Waals surface area (Å²) in [6.07, 6.45) is 0. The number of nitrogens with zero attached hydrogens (tertiary/aromatic N) is 1. The van der Waals surface area contributed by atoms with Crippen molar-refractivity contribution in [2.24, 2.45) is 5.92 Å². The summed E-state index contributed by atoms with van der Waals surface area (Å²) in [5.74, 6) is -0.353. The molecule has 0 aliphatic heterocycles. The Labute approximate surface area is 111 Å². The predicted octanol–water partition coefficient (Wildman–Crippen LogP) is 1.88. The summed E-state index contributed by atoms with van der Waals surface area (Å²) in [5, 5.41) is 13.7. The smallest absolute Gasteiger partial charge is 0.308 e. The van der Waals surface area contributed by atoms with Gasteiger partial charge in [-0.05, 0) is 5.56 Å². The van der Waals surface area contributed by atoms with Crippen LogP contribution in [0.2, 0.25) is 0 Å². The Morgan fingerprint density at radius 3 is 2.84 bits per heavy atom. The number of rotatable bonds is 7. The van der Waals surface area contributed by atoms with Gasteiger partial charge < -0.3 is 10.1 Å². The van der Waals surface area contributed by atoms with Gasteiger partial charge in [-0.15, -0.1) is 0 Å². The number of hydrogen-bond donors (Lipinski definition) is 1. The van der Waals surface area contributed by atoms with Crippen LogP contribution in [-0.2, 0) is 16.1 Å². The highest BCUT2D eigenvalue weighted by molar-refractivity contribution is 5.71. The van der Waals surface area contributed by atoms with Crippen molar-refractivity contribution in [2.75, 3.05) is 13.2 Å². The molecular weight excluding hydrogens is 248 g/mol. The maximum absolute atomic E-state index is 11.2. The zero-order valence-electron chi connectivity index (χ0n) is 11.1. The molecule has 0 aromatic heterocycles. The SMILES string of the molecule is CC(C)C(=O)OCCNCc1cccc([N+](=O)[O-])c1. The molecule has 0 aliphatic rings. The van der Waals surface area contributed by atoms with Gasteiger partial charge in [-0.3, -0.25) is 14.9 Å². The van der Waals surface area contributed by atoms with Gasteiger partial charge in [0.2, 0.25) is 0 Å². The molecule has 0 aliphatic carbocycles. The van der Waals surface area contributed by atoms with Gasteiger partial charge in [-0.1, -0.05) is 26.0 Å². The van der Waals surface area contributed by atoms with E-state index in [2.05, 4.69) is 5.32 Å². The Balaban J connectivity index is 2.28. The van der Waals surface area contributed by atoms with Crippen molar-refractivity contribution in [3.05, 3.63) is 39.9 Å². The Morgan fingerprint density at radius 2 is 2.21 bits per heavy atom. The first-order valence-electron chi connectivity index (χ1n) is 6.11. The summed E-state index contributed by atoms with van der Waals surface area (Å²) < 4.78 is 4.99. The summed E-state index contributed by atoms with van der Waals surface area (Å²) in [6, 6.07) is 6.43. The standard InChI is InChI=1S/C13H18N2O4/c1-10(2)13(16)19-7-6-14-9-11-4-3-5-12(8-11)15(17)18/h3-5,8,10,14H,6-7,9H2,1-2H3. The van der Waals surface area contributed by atoms with Crippen LogP contribution in [0.5, 0.6) is 0 Å². The second kappa shape index (κ2) is 7.48. The number of carbonyl (C=O) groups is 1. The van der Waals surface area contributed by atoms with Gasteiger partial charge in [0, 0.05) is 25.2 Å². The van der Waals surface area contributed by atoms with E-state index in [1.165, 1.54) is 12.1 Å². The van der Waals surface area contributed by atoms with Gasteiger partial charge in [0.05, 0.1) is 10.8 Å². The van der Waals surface area contributed by atoms with Gasteiger partial charge >= 0.3 is 5.97 Å². The Morgan fingerprint density at radius 1 is 1.47 bits per heavy atom. The van der Waals surface area contributed by atoms with Crippen LogP contribution >= 0.6 is 0 Å². The molecule has 1 aromatic carbocycles. The van der Waals surface area contributed by atoms with Crippen molar-refractivity contribution in [2.45, 2.75) is 20.4 Å². The van der Waals surface area contributed by atoms with Crippen LogP contribution in [0.25, 0.3) is 0 Å². The molecule has 0 atom stereocenters. The molecule has 6 heteroatoms. The van der Waals surface area contributed by atoms with Crippen molar-refractivity contribution in [1.29, 1.82) is 0 Å². The van der Waals surface area contributed by atoms with Crippen LogP contribution in [0.4, 0.5) is 5.69 Å². The molecule has 0 unspecified atom stereocenters. The number of benzene rings is 1. The molecule has 1 N–H and O–H groups in total. The van der Waals surface area contributed by atoms with Gasteiger partial charge in [-0.2, -0.15) is 0 Å². The lowest BCUT2D eigenvalue weighted by Crippen LogP contribution is -2.22. The summed E-state index contributed by atoms with van der Waals surface area (Å²) in [4.78, 5) is 21.3. The van der Waals surface area contributed by atoms with E-state index in [4.69, 9.17) is 4.74 Å². The second-order valence-corrected chi connectivity index (χ2v) is 4.43. The third-order valence-corrected chi connectivity index (χ3v) is 2.45. The quantitative estimate of drug-likeness (QED) is 0.353. The lowest BCUT2D eigenvalue weighted by atomic mass is 10.2. The van der Waals surface area contributed by atoms with Crippen molar-refractivity contribution in [3.8, 4) is 0 Å². The number of nitro groups is 1. The molecule has 104 valence electrons. The van der Waals surface area contributed by atoms with Gasteiger partial charge in [0.15, 0.2) is 0 Å². The van der Waals surface area contributed by atoms with Crippen LogP contribution in [0, 0.1) is 16.0 Å². The topological polar surface area (TPSA) is 81.5 Å². The minimum atomic E-state index is -0.423. The van der Waals surface area contributed by atoms with Crippen LogP contribution in [0.1, 0.15) is 19.4 Å². The van der Waals surface area contributed by atoms with E-state index < -0.39 is 4.92 Å². The molecule has 1 aromatic rings. The number of hydrogen-bond acceptors (Lipinski definition) is 5. The Hall–Kier alpha value is -1.95. The molecule has 0 spiro atoms. The second-order valence-electron chi connectivity index (χ2n) is 4.43. The lowest BCUT2D eigenvalue weighted by Gasteiger charge is -2.08. The first-order valence-corrected chi connectivity index (χ1v) is 6.11. The normalized spacial score (nSPS) is 10.5. The third-order valence-electron chi connectivity index (χ3n) is 2.45. The summed E-state index contributed by atoms with van der Waals surface area (Å²) in [7, 11) is 0. The van der Waals surface area contributed by atoms with E-state index in [1.54, 1.807) is 26.0 Å². The highest BCUT2D eigenvalue weighted by atomic mass is 16.6. The maximum atomic E-state index is 11.2. The average Bonchev–Trinajstić information content (AvgIpc) is 2.38. The Kier molecular flexibility index (Phi) is 5.95. The van der Waals surface area contributed by atoms with Crippen LogP contribution in [0.15, 0.2) is 24.3 Å². The van der Waals surface area contributed by atoms with Crippen molar-refractivity contribution >= 4 is 11.7 Å². The molecule has 0 bridgehead atoms. The van der Waals surface area contributed by atoms with E-state index >= 15 is 0 Å². The van der Waals surface area contributed by atoms with Crippen molar-refractivity contribution in [1.82, 2.24) is 5.32 Å². The number of non-ortho nitro benzene ring substituents is 1. The molecule has 0 saturated carbocycles. The molecule has 0 saturated heterocycles. The minimum Gasteiger partial charge on any atom is -0.464 e. The van der Waals surface area contributed by atoms with Gasteiger partial charge in [0.25, 0.3) is 5.69 Å². The first-order chi connectivity index (χ1) is 9.00. The molecule has 0 heterocycles. The lowest BCUT2D eigenvalue weighted by molar-refractivity contribution is -0.384. The summed E-state index contributed by atoms with van der Waals surface area (Å²) in [5.41, 5.74) is 0.898. The molecule has 19 heavy (non-hydrogen) atoms. The van der Waals surface area contributed by atoms with Crippen LogP contribution in [0.3, 0.4) is 0 Å². The fraction of sp³-hybridized carbons (Fsp3) is 0.462. The highest BCUT2D eigenvalue weighted by Crippen LogP contribution is 2.12. The summed E-state index contributed by atoms with van der Waals surface area (Å²) >= 11 is 0. The fourth-order valence-corrected chi connectivity index (χ4v) is 1.40. The maximum Gasteiger partial charge on any atom is 0.308 e. The molecule has 0 fully saturated rings. The molecule has 1 rings (SSSR count). The number of esters is 1. The van der Waals surface area contributed by atoms with Crippen molar-refractivity contribution in [3.63, 3.8) is 0 Å². The van der Waals surface area contributed by atoms with Crippen LogP contribution < -0.4 is 5.32 Å². The zero-order valence-corrected chi connectivity index (χ0v) is 11.1. The van der Waals surface area contributed by atoms with E-state index in [-0.39, 0.29) is 17.6 Å². The first kappa shape index (κ1) is 15.1. The monoisotopic (exact) mass is 266 g/mol. The number of nitro benzene ring substituents is 1. The van der Waals surface area contributed by atoms with E-state index in [0.717, 1.165) is 5.56 Å². The van der Waals surface area contributed by atoms with E-state index in [9.17, 15) is 14.9 Å². The van der Waals surface area contributed by atoms with E-state index in [1.807, 2.05) is 0 Å².